The Morgan fingerprint density at radius 2 is 1.94 bits per heavy atom. The summed E-state index contributed by atoms with van der Waals surface area (Å²) in [5.41, 5.74) is 5.44. The van der Waals surface area contributed by atoms with Crippen LogP contribution in [0.25, 0.3) is 0 Å². The zero-order valence-corrected chi connectivity index (χ0v) is 10.8. The van der Waals surface area contributed by atoms with Gasteiger partial charge in [0, 0.05) is 18.5 Å². The highest BCUT2D eigenvalue weighted by Crippen LogP contribution is 2.39. The zero-order chi connectivity index (χ0) is 12.0. The second-order valence-corrected chi connectivity index (χ2v) is 5.20. The average molecular weight is 226 g/mol. The lowest BCUT2D eigenvalue weighted by molar-refractivity contribution is -0.141. The number of carbonyl (C=O) groups excluding carboxylic acids is 1. The van der Waals surface area contributed by atoms with Crippen molar-refractivity contribution in [1.82, 2.24) is 4.90 Å². The number of hydrogen-bond acceptors (Lipinski definition) is 2. The first-order chi connectivity index (χ1) is 7.64. The molecule has 0 atom stereocenters. The van der Waals surface area contributed by atoms with Gasteiger partial charge in [-0.15, -0.1) is 0 Å². The van der Waals surface area contributed by atoms with Crippen molar-refractivity contribution in [2.75, 3.05) is 19.6 Å². The van der Waals surface area contributed by atoms with Gasteiger partial charge in [0.15, 0.2) is 0 Å². The Morgan fingerprint density at radius 1 is 1.31 bits per heavy atom. The van der Waals surface area contributed by atoms with Crippen molar-refractivity contribution in [1.29, 1.82) is 0 Å². The molecule has 3 heteroatoms. The highest BCUT2D eigenvalue weighted by molar-refractivity contribution is 5.82. The summed E-state index contributed by atoms with van der Waals surface area (Å²) in [6, 6.07) is 0. The molecular weight excluding hydrogens is 200 g/mol. The van der Waals surface area contributed by atoms with Crippen molar-refractivity contribution in [2.45, 2.75) is 52.4 Å². The molecule has 0 unspecified atom stereocenters. The molecule has 0 bridgehead atoms. The van der Waals surface area contributed by atoms with Gasteiger partial charge >= 0.3 is 0 Å². The van der Waals surface area contributed by atoms with Crippen LogP contribution in [0.3, 0.4) is 0 Å². The third kappa shape index (κ3) is 3.21. The molecule has 0 saturated heterocycles. The van der Waals surface area contributed by atoms with Crippen molar-refractivity contribution in [2.24, 2.45) is 11.1 Å². The Labute approximate surface area is 99.4 Å². The lowest BCUT2D eigenvalue weighted by atomic mass is 9.87. The van der Waals surface area contributed by atoms with Crippen LogP contribution in [-0.4, -0.2) is 30.4 Å². The molecule has 1 aliphatic carbocycles. The summed E-state index contributed by atoms with van der Waals surface area (Å²) in [5.74, 6) is 0.361. The van der Waals surface area contributed by atoms with Crippen molar-refractivity contribution >= 4 is 5.91 Å². The third-order valence-electron chi connectivity index (χ3n) is 3.64. The fourth-order valence-electron chi connectivity index (χ4n) is 2.62. The van der Waals surface area contributed by atoms with E-state index in [1.165, 1.54) is 12.8 Å². The Balaban J connectivity index is 2.58. The Morgan fingerprint density at radius 3 is 2.44 bits per heavy atom. The number of hydrogen-bond donors (Lipinski definition) is 1. The van der Waals surface area contributed by atoms with Crippen LogP contribution in [0.5, 0.6) is 0 Å². The maximum absolute atomic E-state index is 12.4. The molecule has 1 saturated carbocycles. The minimum absolute atomic E-state index is 0.0796. The van der Waals surface area contributed by atoms with E-state index in [1.54, 1.807) is 0 Å². The highest BCUT2D eigenvalue weighted by Gasteiger charge is 2.38. The monoisotopic (exact) mass is 226 g/mol. The fourth-order valence-corrected chi connectivity index (χ4v) is 2.62. The summed E-state index contributed by atoms with van der Waals surface area (Å²) >= 11 is 0. The molecule has 0 aliphatic heterocycles. The van der Waals surface area contributed by atoms with Gasteiger partial charge in [-0.3, -0.25) is 4.79 Å². The summed E-state index contributed by atoms with van der Waals surface area (Å²) in [6.45, 7) is 6.64. The molecule has 0 spiro atoms. The lowest BCUT2D eigenvalue weighted by Crippen LogP contribution is -2.42. The number of nitrogens with zero attached hydrogens (tertiary/aromatic N) is 1. The molecule has 94 valence electrons. The Hall–Kier alpha value is -0.570. The van der Waals surface area contributed by atoms with Crippen LogP contribution in [-0.2, 0) is 4.79 Å². The molecule has 16 heavy (non-hydrogen) atoms. The number of amides is 1. The van der Waals surface area contributed by atoms with Crippen LogP contribution in [0.1, 0.15) is 52.4 Å². The van der Waals surface area contributed by atoms with E-state index in [-0.39, 0.29) is 5.41 Å². The largest absolute Gasteiger partial charge is 0.342 e. The Bertz CT molecular complexity index is 222. The van der Waals surface area contributed by atoms with Gasteiger partial charge in [0.2, 0.25) is 5.91 Å². The molecule has 0 aromatic heterocycles. The fraction of sp³-hybridized carbons (Fsp3) is 0.923. The molecule has 2 N–H and O–H groups in total. The molecular formula is C13H26N2O. The topological polar surface area (TPSA) is 46.3 Å². The zero-order valence-electron chi connectivity index (χ0n) is 10.8. The van der Waals surface area contributed by atoms with E-state index < -0.39 is 0 Å². The number of carbonyl (C=O) groups is 1. The maximum Gasteiger partial charge on any atom is 0.228 e. The van der Waals surface area contributed by atoms with E-state index in [9.17, 15) is 4.79 Å². The number of nitrogens with two attached hydrogens (primary N) is 1. The van der Waals surface area contributed by atoms with E-state index in [4.69, 9.17) is 5.73 Å². The van der Waals surface area contributed by atoms with Gasteiger partial charge in [0.1, 0.15) is 0 Å². The van der Waals surface area contributed by atoms with Gasteiger partial charge in [-0.2, -0.15) is 0 Å². The summed E-state index contributed by atoms with van der Waals surface area (Å²) in [6.07, 6.45) is 6.50. The van der Waals surface area contributed by atoms with Gasteiger partial charge in [-0.1, -0.05) is 26.7 Å². The van der Waals surface area contributed by atoms with Crippen molar-refractivity contribution in [3.05, 3.63) is 0 Å². The highest BCUT2D eigenvalue weighted by atomic mass is 16.2. The van der Waals surface area contributed by atoms with Crippen molar-refractivity contribution in [3.63, 3.8) is 0 Å². The summed E-state index contributed by atoms with van der Waals surface area (Å²) < 4.78 is 0. The van der Waals surface area contributed by atoms with E-state index >= 15 is 0 Å². The first-order valence-electron chi connectivity index (χ1n) is 6.63. The van der Waals surface area contributed by atoms with E-state index in [0.29, 0.717) is 12.5 Å². The van der Waals surface area contributed by atoms with Gasteiger partial charge in [0.25, 0.3) is 0 Å². The van der Waals surface area contributed by atoms with Gasteiger partial charge in [-0.05, 0) is 32.2 Å². The normalized spacial score (nSPS) is 18.7. The van der Waals surface area contributed by atoms with Crippen LogP contribution in [0.2, 0.25) is 0 Å². The predicted molar refractivity (Wildman–Crippen MR) is 67.1 cm³/mol. The molecule has 0 heterocycles. The molecule has 0 aromatic carbocycles. The standard InChI is InChI=1S/C13H26N2O/c1-3-10-15(11-6-9-14)12(16)13(2)7-4-5-8-13/h3-11,14H2,1-2H3. The SMILES string of the molecule is CCCN(CCCN)C(=O)C1(C)CCCC1. The van der Waals surface area contributed by atoms with Crippen LogP contribution < -0.4 is 5.73 Å². The van der Waals surface area contributed by atoms with Crippen LogP contribution in [0.4, 0.5) is 0 Å². The van der Waals surface area contributed by atoms with Crippen LogP contribution in [0, 0.1) is 5.41 Å². The van der Waals surface area contributed by atoms with Crippen molar-refractivity contribution < 1.29 is 4.79 Å². The molecule has 0 aromatic rings. The van der Waals surface area contributed by atoms with Crippen molar-refractivity contribution in [3.8, 4) is 0 Å². The first kappa shape index (κ1) is 13.5. The van der Waals surface area contributed by atoms with E-state index in [0.717, 1.165) is 38.8 Å². The predicted octanol–water partition coefficient (Wildman–Crippen LogP) is 2.15. The third-order valence-corrected chi connectivity index (χ3v) is 3.64. The lowest BCUT2D eigenvalue weighted by Gasteiger charge is -2.31. The number of rotatable bonds is 6. The summed E-state index contributed by atoms with van der Waals surface area (Å²) in [4.78, 5) is 14.5. The van der Waals surface area contributed by atoms with Gasteiger partial charge in [0.05, 0.1) is 0 Å². The maximum atomic E-state index is 12.4. The summed E-state index contributed by atoms with van der Waals surface area (Å²) in [7, 11) is 0. The molecule has 1 fully saturated rings. The van der Waals surface area contributed by atoms with E-state index in [2.05, 4.69) is 13.8 Å². The quantitative estimate of drug-likeness (QED) is 0.754. The Kier molecular flexibility index (Phi) is 5.26. The molecule has 1 rings (SSSR count). The average Bonchev–Trinajstić information content (AvgIpc) is 2.72. The van der Waals surface area contributed by atoms with Gasteiger partial charge in [-0.25, -0.2) is 0 Å². The second-order valence-electron chi connectivity index (χ2n) is 5.20. The molecule has 1 amide bonds. The van der Waals surface area contributed by atoms with E-state index in [1.807, 2.05) is 4.90 Å². The van der Waals surface area contributed by atoms with Crippen LogP contribution >= 0.6 is 0 Å². The van der Waals surface area contributed by atoms with Gasteiger partial charge < -0.3 is 10.6 Å². The molecule has 3 nitrogen and oxygen atoms in total. The minimum atomic E-state index is -0.0796. The molecule has 1 aliphatic rings. The first-order valence-corrected chi connectivity index (χ1v) is 6.63. The minimum Gasteiger partial charge on any atom is -0.342 e. The summed E-state index contributed by atoms with van der Waals surface area (Å²) in [5, 5.41) is 0. The van der Waals surface area contributed by atoms with Crippen LogP contribution in [0.15, 0.2) is 0 Å². The molecule has 0 radical (unpaired) electrons. The second kappa shape index (κ2) is 6.24. The smallest absolute Gasteiger partial charge is 0.228 e.